The number of hydrogen-bond donors (Lipinski definition) is 2. The van der Waals surface area contributed by atoms with E-state index in [1.165, 1.54) is 12.1 Å². The molecule has 0 fully saturated rings. The first kappa shape index (κ1) is 13.6. The van der Waals surface area contributed by atoms with E-state index in [-0.39, 0.29) is 4.90 Å². The van der Waals surface area contributed by atoms with E-state index < -0.39 is 24.7 Å². The van der Waals surface area contributed by atoms with Crippen molar-refractivity contribution in [3.05, 3.63) is 24.3 Å². The zero-order valence-corrected chi connectivity index (χ0v) is 12.2. The molecule has 0 bridgehead atoms. The Morgan fingerprint density at radius 1 is 1.25 bits per heavy atom. The van der Waals surface area contributed by atoms with Crippen LogP contribution in [0.2, 0.25) is 16.6 Å². The average molecular weight is 304 g/mol. The van der Waals surface area contributed by atoms with E-state index in [0.717, 1.165) is 5.21 Å². The Labute approximate surface area is 102 Å². The number of benzene rings is 1. The molecule has 4 nitrogen and oxygen atoms in total. The first-order valence-corrected chi connectivity index (χ1v) is 11.5. The monoisotopic (exact) mass is 304 g/mol. The first-order valence-electron chi connectivity index (χ1n) is 4.92. The summed E-state index contributed by atoms with van der Waals surface area (Å²) in [6.45, 7) is 0.527. The van der Waals surface area contributed by atoms with E-state index in [0.29, 0.717) is 12.2 Å². The van der Waals surface area contributed by atoms with E-state index >= 15 is 0 Å². The third-order valence-electron chi connectivity index (χ3n) is 2.04. The van der Waals surface area contributed by atoms with Crippen LogP contribution in [0, 0.1) is 0 Å². The van der Waals surface area contributed by atoms with Gasteiger partial charge in [0.15, 0.2) is 0 Å². The number of nitrogens with two attached hydrogens (primary N) is 1. The van der Waals surface area contributed by atoms with E-state index in [1.807, 2.05) is 0 Å². The SMILES string of the molecule is C[As](C)CCNS(=O)(=O)c1ccc(N)cc1. The third kappa shape index (κ3) is 4.16. The molecule has 0 atom stereocenters. The van der Waals surface area contributed by atoms with Gasteiger partial charge in [-0.25, -0.2) is 0 Å². The quantitative estimate of drug-likeness (QED) is 0.636. The summed E-state index contributed by atoms with van der Waals surface area (Å²) in [7, 11) is -3.35. The summed E-state index contributed by atoms with van der Waals surface area (Å²) in [5, 5.41) is 0.973. The van der Waals surface area contributed by atoms with Crippen LogP contribution in [0.3, 0.4) is 0 Å². The van der Waals surface area contributed by atoms with Gasteiger partial charge in [-0.1, -0.05) is 0 Å². The molecule has 0 unspecified atom stereocenters. The molecule has 0 amide bonds. The Morgan fingerprint density at radius 2 is 1.81 bits per heavy atom. The summed E-state index contributed by atoms with van der Waals surface area (Å²) in [6, 6.07) is 6.22. The molecular weight excluding hydrogens is 287 g/mol. The molecule has 1 aromatic carbocycles. The van der Waals surface area contributed by atoms with E-state index in [9.17, 15) is 8.42 Å². The second kappa shape index (κ2) is 5.71. The number of rotatable bonds is 5. The summed E-state index contributed by atoms with van der Waals surface area (Å²) in [4.78, 5) is 0.271. The van der Waals surface area contributed by atoms with Crippen LogP contribution in [0.25, 0.3) is 0 Å². The molecule has 0 aliphatic rings. The molecular formula is C10H17AsN2O2S. The van der Waals surface area contributed by atoms with Gasteiger partial charge in [-0.15, -0.1) is 0 Å². The Morgan fingerprint density at radius 3 is 2.31 bits per heavy atom. The average Bonchev–Trinajstić information content (AvgIpc) is 2.17. The van der Waals surface area contributed by atoms with Gasteiger partial charge in [0.25, 0.3) is 0 Å². The third-order valence-corrected chi connectivity index (χ3v) is 5.86. The van der Waals surface area contributed by atoms with Crippen LogP contribution in [-0.4, -0.2) is 29.6 Å². The summed E-state index contributed by atoms with van der Waals surface area (Å²) >= 11 is -0.768. The summed E-state index contributed by atoms with van der Waals surface area (Å²) in [5.41, 5.74) is 10.5. The van der Waals surface area contributed by atoms with Gasteiger partial charge in [0, 0.05) is 0 Å². The number of hydrogen-bond acceptors (Lipinski definition) is 3. The van der Waals surface area contributed by atoms with E-state index in [4.69, 9.17) is 5.73 Å². The summed E-state index contributed by atoms with van der Waals surface area (Å²) in [5.74, 6) is 0. The van der Waals surface area contributed by atoms with Crippen LogP contribution in [0.5, 0.6) is 0 Å². The van der Waals surface area contributed by atoms with Crippen molar-refractivity contribution in [3.63, 3.8) is 0 Å². The summed E-state index contributed by atoms with van der Waals surface area (Å²) < 4.78 is 26.2. The molecule has 0 aromatic heterocycles. The minimum absolute atomic E-state index is 0.271. The van der Waals surface area contributed by atoms with Gasteiger partial charge in [-0.2, -0.15) is 0 Å². The van der Waals surface area contributed by atoms with Crippen LogP contribution in [0.4, 0.5) is 5.69 Å². The Balaban J connectivity index is 2.67. The van der Waals surface area contributed by atoms with Crippen molar-refractivity contribution in [2.75, 3.05) is 12.3 Å². The van der Waals surface area contributed by atoms with Crippen LogP contribution in [0.1, 0.15) is 0 Å². The predicted octanol–water partition coefficient (Wildman–Crippen LogP) is 1.30. The predicted molar refractivity (Wildman–Crippen MR) is 68.3 cm³/mol. The minimum atomic E-state index is -3.35. The fourth-order valence-electron chi connectivity index (χ4n) is 1.13. The van der Waals surface area contributed by atoms with Crippen LogP contribution < -0.4 is 10.5 Å². The van der Waals surface area contributed by atoms with Gasteiger partial charge in [0.1, 0.15) is 0 Å². The van der Waals surface area contributed by atoms with Crippen molar-refractivity contribution in [1.29, 1.82) is 0 Å². The van der Waals surface area contributed by atoms with Crippen molar-refractivity contribution >= 4 is 30.4 Å². The summed E-state index contributed by atoms with van der Waals surface area (Å²) in [6.07, 6.45) is 0. The molecule has 90 valence electrons. The van der Waals surface area contributed by atoms with Crippen molar-refractivity contribution in [2.24, 2.45) is 0 Å². The molecule has 1 aromatic rings. The van der Waals surface area contributed by atoms with Gasteiger partial charge in [0.05, 0.1) is 0 Å². The van der Waals surface area contributed by atoms with Crippen molar-refractivity contribution < 1.29 is 8.42 Å². The molecule has 0 saturated carbocycles. The van der Waals surface area contributed by atoms with Crippen LogP contribution in [-0.2, 0) is 10.0 Å². The Hall–Kier alpha value is -0.512. The zero-order valence-electron chi connectivity index (χ0n) is 9.47. The van der Waals surface area contributed by atoms with Gasteiger partial charge in [-0.05, 0) is 0 Å². The van der Waals surface area contributed by atoms with E-state index in [1.54, 1.807) is 12.1 Å². The van der Waals surface area contributed by atoms with Gasteiger partial charge >= 0.3 is 102 Å². The molecule has 3 N–H and O–H groups in total. The standard InChI is InChI=1S/C10H17AsN2O2S/c1-11(2)7-8-13-16(14,15)10-5-3-9(12)4-6-10/h3-6,13H,7-8,12H2,1-2H3. The van der Waals surface area contributed by atoms with Gasteiger partial charge < -0.3 is 0 Å². The molecule has 1 rings (SSSR count). The number of sulfonamides is 1. The second-order valence-electron chi connectivity index (χ2n) is 3.77. The molecule has 0 heterocycles. The van der Waals surface area contributed by atoms with E-state index in [2.05, 4.69) is 16.1 Å². The van der Waals surface area contributed by atoms with Crippen LogP contribution >= 0.6 is 0 Å². The van der Waals surface area contributed by atoms with Crippen LogP contribution in [0.15, 0.2) is 29.2 Å². The van der Waals surface area contributed by atoms with Crippen molar-refractivity contribution in [3.8, 4) is 0 Å². The maximum atomic E-state index is 11.8. The molecule has 6 heteroatoms. The molecule has 0 aliphatic carbocycles. The normalized spacial score (nSPS) is 11.9. The molecule has 16 heavy (non-hydrogen) atoms. The molecule has 0 aliphatic heterocycles. The fraction of sp³-hybridized carbons (Fsp3) is 0.400. The first-order chi connectivity index (χ1) is 7.42. The molecule has 0 saturated heterocycles. The second-order valence-corrected chi connectivity index (χ2v) is 11.0. The maximum absolute atomic E-state index is 11.8. The number of nitrogens with one attached hydrogen (secondary N) is 1. The van der Waals surface area contributed by atoms with Gasteiger partial charge in [0.2, 0.25) is 0 Å². The van der Waals surface area contributed by atoms with Crippen molar-refractivity contribution in [1.82, 2.24) is 4.72 Å². The molecule has 0 radical (unpaired) electrons. The Kier molecular flexibility index (Phi) is 4.84. The number of anilines is 1. The topological polar surface area (TPSA) is 72.2 Å². The zero-order chi connectivity index (χ0) is 12.2. The number of nitrogen functional groups attached to an aromatic ring is 1. The molecule has 0 spiro atoms. The fourth-order valence-corrected chi connectivity index (χ4v) is 3.67. The van der Waals surface area contributed by atoms with Gasteiger partial charge in [-0.3, -0.25) is 0 Å². The van der Waals surface area contributed by atoms with Crippen molar-refractivity contribution in [2.45, 2.75) is 21.5 Å². The Bertz CT molecular complexity index is 429.